The van der Waals surface area contributed by atoms with Crippen molar-refractivity contribution in [3.05, 3.63) is 59.2 Å². The average Bonchev–Trinajstić information content (AvgIpc) is 2.73. The molecule has 0 unspecified atom stereocenters. The molecule has 7 heteroatoms. The van der Waals surface area contributed by atoms with Gasteiger partial charge in [0, 0.05) is 0 Å². The zero-order chi connectivity index (χ0) is 20.3. The lowest BCUT2D eigenvalue weighted by atomic mass is 9.89. The molecule has 5 N–H and O–H groups in total. The van der Waals surface area contributed by atoms with Crippen LogP contribution in [0.1, 0.15) is 29.7 Å². The van der Waals surface area contributed by atoms with Crippen LogP contribution in [0.2, 0.25) is 0 Å². The summed E-state index contributed by atoms with van der Waals surface area (Å²) >= 11 is 0. The van der Waals surface area contributed by atoms with Crippen molar-refractivity contribution in [2.24, 2.45) is 0 Å². The summed E-state index contributed by atoms with van der Waals surface area (Å²) in [6.45, 7) is 1.24. The largest absolute Gasteiger partial charge is 0.457 e. The molecule has 1 fully saturated rings. The molecule has 5 atom stereocenters. The van der Waals surface area contributed by atoms with E-state index in [0.29, 0.717) is 22.6 Å². The number of aliphatic hydroxyl groups excluding tert-OH is 5. The van der Waals surface area contributed by atoms with Gasteiger partial charge in [-0.25, -0.2) is 0 Å². The molecule has 0 amide bonds. The third-order valence-electron chi connectivity index (χ3n) is 5.05. The Morgan fingerprint density at radius 2 is 1.57 bits per heavy atom. The topological polar surface area (TPSA) is 120 Å². The Balaban J connectivity index is 1.89. The zero-order valence-corrected chi connectivity index (χ0v) is 15.6. The van der Waals surface area contributed by atoms with Crippen LogP contribution in [0, 0.1) is 0 Å². The molecular weight excluding hydrogens is 364 g/mol. The lowest BCUT2D eigenvalue weighted by Gasteiger charge is -2.40. The molecular formula is C21H26O7. The van der Waals surface area contributed by atoms with Crippen molar-refractivity contribution < 1.29 is 35.0 Å². The first-order chi connectivity index (χ1) is 13.5. The maximum Gasteiger partial charge on any atom is 0.127 e. The lowest BCUT2D eigenvalue weighted by Crippen LogP contribution is -2.55. The molecule has 2 aromatic rings. The minimum absolute atomic E-state index is 0.310. The molecule has 152 valence electrons. The number of benzene rings is 2. The second-order valence-corrected chi connectivity index (χ2v) is 6.87. The Morgan fingerprint density at radius 3 is 2.18 bits per heavy atom. The van der Waals surface area contributed by atoms with Crippen LogP contribution in [-0.2, 0) is 17.8 Å². The first-order valence-corrected chi connectivity index (χ1v) is 9.29. The van der Waals surface area contributed by atoms with Gasteiger partial charge < -0.3 is 35.0 Å². The van der Waals surface area contributed by atoms with Gasteiger partial charge in [-0.15, -0.1) is 0 Å². The van der Waals surface area contributed by atoms with Gasteiger partial charge in [-0.05, 0) is 47.4 Å². The van der Waals surface area contributed by atoms with E-state index < -0.39 is 37.1 Å². The Labute approximate surface area is 163 Å². The molecule has 28 heavy (non-hydrogen) atoms. The summed E-state index contributed by atoms with van der Waals surface area (Å²) in [7, 11) is 0. The van der Waals surface area contributed by atoms with E-state index in [-0.39, 0.29) is 6.61 Å². The minimum Gasteiger partial charge on any atom is -0.457 e. The van der Waals surface area contributed by atoms with E-state index in [2.05, 4.69) is 6.92 Å². The predicted octanol–water partition coefficient (Wildman–Crippen LogP) is 1.05. The third kappa shape index (κ3) is 4.20. The Morgan fingerprint density at radius 1 is 0.893 bits per heavy atom. The van der Waals surface area contributed by atoms with E-state index in [9.17, 15) is 25.5 Å². The fourth-order valence-electron chi connectivity index (χ4n) is 3.33. The molecule has 0 saturated carbocycles. The van der Waals surface area contributed by atoms with Crippen molar-refractivity contribution in [3.63, 3.8) is 0 Å². The fourth-order valence-corrected chi connectivity index (χ4v) is 3.33. The summed E-state index contributed by atoms with van der Waals surface area (Å²) < 4.78 is 11.5. The molecule has 1 aliphatic rings. The number of hydrogen-bond acceptors (Lipinski definition) is 7. The van der Waals surface area contributed by atoms with E-state index in [1.807, 2.05) is 24.3 Å². The van der Waals surface area contributed by atoms with Crippen LogP contribution in [-0.4, -0.2) is 56.6 Å². The fraction of sp³-hybridized carbons (Fsp3) is 0.429. The lowest BCUT2D eigenvalue weighted by molar-refractivity contribution is -0.232. The molecule has 0 aliphatic carbocycles. The van der Waals surface area contributed by atoms with Gasteiger partial charge in [0.15, 0.2) is 0 Å². The summed E-state index contributed by atoms with van der Waals surface area (Å²) in [5.74, 6) is 1.10. The summed E-state index contributed by atoms with van der Waals surface area (Å²) in [6, 6.07) is 12.6. The van der Waals surface area contributed by atoms with Crippen LogP contribution in [0.25, 0.3) is 0 Å². The first kappa shape index (κ1) is 20.7. The molecule has 2 aromatic carbocycles. The van der Waals surface area contributed by atoms with Crippen molar-refractivity contribution >= 4 is 0 Å². The van der Waals surface area contributed by atoms with Gasteiger partial charge >= 0.3 is 0 Å². The maximum atomic E-state index is 10.4. The van der Waals surface area contributed by atoms with Crippen LogP contribution in [0.15, 0.2) is 42.5 Å². The molecule has 7 nitrogen and oxygen atoms in total. The Kier molecular flexibility index (Phi) is 6.66. The van der Waals surface area contributed by atoms with Gasteiger partial charge in [-0.1, -0.05) is 25.1 Å². The second kappa shape index (κ2) is 9.00. The summed E-state index contributed by atoms with van der Waals surface area (Å²) in [6.07, 6.45) is -5.50. The van der Waals surface area contributed by atoms with Gasteiger partial charge in [-0.2, -0.15) is 0 Å². The highest BCUT2D eigenvalue weighted by Crippen LogP contribution is 2.36. The Hall–Kier alpha value is -2.00. The Bertz CT molecular complexity index is 775. The molecule has 0 spiro atoms. The monoisotopic (exact) mass is 390 g/mol. The number of aryl methyl sites for hydroxylation is 1. The van der Waals surface area contributed by atoms with E-state index >= 15 is 0 Å². The van der Waals surface area contributed by atoms with Crippen molar-refractivity contribution in [2.45, 2.75) is 50.5 Å². The van der Waals surface area contributed by atoms with E-state index in [4.69, 9.17) is 9.47 Å². The van der Waals surface area contributed by atoms with E-state index in [1.54, 1.807) is 18.2 Å². The molecule has 1 heterocycles. The molecule has 0 radical (unpaired) electrons. The first-order valence-electron chi connectivity index (χ1n) is 9.29. The molecule has 3 rings (SSSR count). The van der Waals surface area contributed by atoms with Gasteiger partial charge in [0.1, 0.15) is 42.0 Å². The number of aliphatic hydroxyl groups is 5. The maximum absolute atomic E-state index is 10.4. The van der Waals surface area contributed by atoms with Crippen molar-refractivity contribution in [1.82, 2.24) is 0 Å². The number of ether oxygens (including phenoxy) is 2. The van der Waals surface area contributed by atoms with Crippen molar-refractivity contribution in [1.29, 1.82) is 0 Å². The molecule has 1 saturated heterocycles. The molecule has 0 aromatic heterocycles. The minimum atomic E-state index is -1.49. The van der Waals surface area contributed by atoms with Gasteiger partial charge in [0.25, 0.3) is 0 Å². The summed E-state index contributed by atoms with van der Waals surface area (Å²) in [5, 5.41) is 49.5. The average molecular weight is 390 g/mol. The van der Waals surface area contributed by atoms with Crippen LogP contribution < -0.4 is 4.74 Å². The molecule has 1 aliphatic heterocycles. The summed E-state index contributed by atoms with van der Waals surface area (Å²) in [5.41, 5.74) is 2.09. The smallest absolute Gasteiger partial charge is 0.127 e. The van der Waals surface area contributed by atoms with Crippen LogP contribution >= 0.6 is 0 Å². The van der Waals surface area contributed by atoms with Crippen molar-refractivity contribution in [2.75, 3.05) is 6.61 Å². The van der Waals surface area contributed by atoms with E-state index in [0.717, 1.165) is 6.42 Å². The van der Waals surface area contributed by atoms with Crippen LogP contribution in [0.4, 0.5) is 0 Å². The van der Waals surface area contributed by atoms with Gasteiger partial charge in [-0.3, -0.25) is 0 Å². The zero-order valence-electron chi connectivity index (χ0n) is 15.6. The predicted molar refractivity (Wildman–Crippen MR) is 101 cm³/mol. The highest BCUT2D eigenvalue weighted by atomic mass is 16.5. The number of rotatable bonds is 6. The summed E-state index contributed by atoms with van der Waals surface area (Å²) in [4.78, 5) is 0. The highest BCUT2D eigenvalue weighted by molar-refractivity contribution is 5.40. The highest BCUT2D eigenvalue weighted by Gasteiger charge is 2.44. The van der Waals surface area contributed by atoms with Gasteiger partial charge in [0.05, 0.1) is 13.2 Å². The van der Waals surface area contributed by atoms with Crippen molar-refractivity contribution in [3.8, 4) is 11.5 Å². The SMILES string of the molecule is CCc1ccc(Oc2ccc(CO)c([C@@H]3O[C@H](CO)[C@@H](O)[C@H](O)[C@H]3O)c2)cc1. The van der Waals surface area contributed by atoms with Gasteiger partial charge in [0.2, 0.25) is 0 Å². The normalized spacial score (nSPS) is 27.6. The van der Waals surface area contributed by atoms with Crippen LogP contribution in [0.5, 0.6) is 11.5 Å². The number of hydrogen-bond donors (Lipinski definition) is 5. The van der Waals surface area contributed by atoms with Crippen LogP contribution in [0.3, 0.4) is 0 Å². The quantitative estimate of drug-likeness (QED) is 0.500. The molecule has 0 bridgehead atoms. The van der Waals surface area contributed by atoms with E-state index in [1.165, 1.54) is 5.56 Å². The second-order valence-electron chi connectivity index (χ2n) is 6.87. The standard InChI is InChI=1S/C21H26O7/c1-2-12-3-6-14(7-4-12)27-15-8-5-13(10-22)16(9-15)21-20(26)19(25)18(24)17(11-23)28-21/h3-9,17-26H,2,10-11H2,1H3/t17-,18-,19+,20-,21+/m1/s1. The third-order valence-corrected chi connectivity index (χ3v) is 5.05.